The standard InChI is InChI=1S/C13H14ClN3OS/c1-3-9-7-16-13(19-9)8(2)17-12(18)10-5-4-6-15-11(10)14/h4-8H,3H2,1-2H3,(H,17,18). The van der Waals surface area contributed by atoms with Crippen molar-refractivity contribution in [2.24, 2.45) is 0 Å². The maximum atomic E-state index is 12.1. The second kappa shape index (κ2) is 6.12. The number of thiazole rings is 1. The van der Waals surface area contributed by atoms with Crippen LogP contribution in [-0.4, -0.2) is 15.9 Å². The van der Waals surface area contributed by atoms with Gasteiger partial charge in [-0.15, -0.1) is 11.3 Å². The molecule has 19 heavy (non-hydrogen) atoms. The molecule has 2 rings (SSSR count). The Labute approximate surface area is 120 Å². The molecule has 0 fully saturated rings. The van der Waals surface area contributed by atoms with Gasteiger partial charge in [-0.25, -0.2) is 9.97 Å². The average molecular weight is 296 g/mol. The molecule has 0 bridgehead atoms. The molecule has 1 amide bonds. The van der Waals surface area contributed by atoms with E-state index in [-0.39, 0.29) is 17.1 Å². The summed E-state index contributed by atoms with van der Waals surface area (Å²) in [7, 11) is 0. The van der Waals surface area contributed by atoms with Gasteiger partial charge in [-0.1, -0.05) is 18.5 Å². The Morgan fingerprint density at radius 3 is 2.95 bits per heavy atom. The van der Waals surface area contributed by atoms with Crippen LogP contribution in [0, 0.1) is 0 Å². The van der Waals surface area contributed by atoms with E-state index in [4.69, 9.17) is 11.6 Å². The first-order chi connectivity index (χ1) is 9.11. The molecule has 2 heterocycles. The van der Waals surface area contributed by atoms with Gasteiger partial charge in [-0.3, -0.25) is 4.79 Å². The quantitative estimate of drug-likeness (QED) is 0.881. The van der Waals surface area contributed by atoms with E-state index in [0.717, 1.165) is 11.4 Å². The van der Waals surface area contributed by atoms with E-state index >= 15 is 0 Å². The van der Waals surface area contributed by atoms with Gasteiger partial charge in [0.15, 0.2) is 0 Å². The molecule has 0 spiro atoms. The summed E-state index contributed by atoms with van der Waals surface area (Å²) in [6.07, 6.45) is 4.35. The maximum absolute atomic E-state index is 12.1. The highest BCUT2D eigenvalue weighted by Gasteiger charge is 2.16. The van der Waals surface area contributed by atoms with Gasteiger partial charge in [0.05, 0.1) is 11.6 Å². The number of carbonyl (C=O) groups excluding carboxylic acids is 1. The number of aromatic nitrogens is 2. The minimum absolute atomic E-state index is 0.144. The van der Waals surface area contributed by atoms with Crippen molar-refractivity contribution in [1.82, 2.24) is 15.3 Å². The molecular weight excluding hydrogens is 282 g/mol. The lowest BCUT2D eigenvalue weighted by Gasteiger charge is -2.11. The summed E-state index contributed by atoms with van der Waals surface area (Å²) in [4.78, 5) is 21.5. The van der Waals surface area contributed by atoms with Crippen molar-refractivity contribution in [3.63, 3.8) is 0 Å². The van der Waals surface area contributed by atoms with E-state index in [1.165, 1.54) is 4.88 Å². The molecule has 1 unspecified atom stereocenters. The molecule has 1 N–H and O–H groups in total. The number of pyridine rings is 1. The topological polar surface area (TPSA) is 54.9 Å². The summed E-state index contributed by atoms with van der Waals surface area (Å²) in [5, 5.41) is 3.98. The number of amides is 1. The van der Waals surface area contributed by atoms with Crippen LogP contribution in [0.2, 0.25) is 5.15 Å². The predicted molar refractivity (Wildman–Crippen MR) is 76.6 cm³/mol. The molecule has 0 aliphatic carbocycles. The first-order valence-electron chi connectivity index (χ1n) is 5.97. The van der Waals surface area contributed by atoms with Crippen molar-refractivity contribution < 1.29 is 4.79 Å². The van der Waals surface area contributed by atoms with Gasteiger partial charge in [0.25, 0.3) is 5.91 Å². The average Bonchev–Trinajstić information content (AvgIpc) is 2.88. The lowest BCUT2D eigenvalue weighted by Crippen LogP contribution is -2.26. The van der Waals surface area contributed by atoms with Crippen LogP contribution in [0.25, 0.3) is 0 Å². The van der Waals surface area contributed by atoms with Crippen LogP contribution in [0.5, 0.6) is 0 Å². The summed E-state index contributed by atoms with van der Waals surface area (Å²) < 4.78 is 0. The SMILES string of the molecule is CCc1cnc(C(C)NC(=O)c2cccnc2Cl)s1. The zero-order valence-electron chi connectivity index (χ0n) is 10.7. The molecule has 0 saturated heterocycles. The molecule has 2 aromatic rings. The number of aryl methyl sites for hydroxylation is 1. The van der Waals surface area contributed by atoms with Crippen molar-refractivity contribution in [3.8, 4) is 0 Å². The first-order valence-corrected chi connectivity index (χ1v) is 7.17. The Kier molecular flexibility index (Phi) is 4.50. The Balaban J connectivity index is 2.08. The molecule has 0 radical (unpaired) electrons. The molecule has 4 nitrogen and oxygen atoms in total. The normalized spacial score (nSPS) is 12.2. The number of hydrogen-bond acceptors (Lipinski definition) is 4. The Bertz CT molecular complexity index is 585. The smallest absolute Gasteiger partial charge is 0.254 e. The van der Waals surface area contributed by atoms with Crippen LogP contribution >= 0.6 is 22.9 Å². The van der Waals surface area contributed by atoms with E-state index in [2.05, 4.69) is 22.2 Å². The molecule has 6 heteroatoms. The number of nitrogens with zero attached hydrogens (tertiary/aromatic N) is 2. The molecule has 0 aliphatic heterocycles. The van der Waals surface area contributed by atoms with E-state index in [0.29, 0.717) is 5.56 Å². The number of halogens is 1. The highest BCUT2D eigenvalue weighted by atomic mass is 35.5. The van der Waals surface area contributed by atoms with Gasteiger partial charge in [-0.05, 0) is 25.5 Å². The van der Waals surface area contributed by atoms with Gasteiger partial charge in [0.1, 0.15) is 10.2 Å². The fourth-order valence-electron chi connectivity index (χ4n) is 1.58. The zero-order valence-corrected chi connectivity index (χ0v) is 12.3. The Morgan fingerprint density at radius 1 is 1.53 bits per heavy atom. The molecule has 100 valence electrons. The van der Waals surface area contributed by atoms with Crippen molar-refractivity contribution in [2.45, 2.75) is 26.3 Å². The highest BCUT2D eigenvalue weighted by Crippen LogP contribution is 2.21. The highest BCUT2D eigenvalue weighted by molar-refractivity contribution is 7.11. The number of carbonyl (C=O) groups is 1. The van der Waals surface area contributed by atoms with E-state index in [9.17, 15) is 4.79 Å². The fourth-order valence-corrected chi connectivity index (χ4v) is 2.64. The lowest BCUT2D eigenvalue weighted by atomic mass is 10.2. The van der Waals surface area contributed by atoms with Gasteiger partial charge in [-0.2, -0.15) is 0 Å². The fraction of sp³-hybridized carbons (Fsp3) is 0.308. The number of nitrogens with one attached hydrogen (secondary N) is 1. The molecule has 0 saturated carbocycles. The minimum atomic E-state index is -0.237. The second-order valence-electron chi connectivity index (χ2n) is 4.06. The third kappa shape index (κ3) is 3.30. The molecule has 1 atom stereocenters. The van der Waals surface area contributed by atoms with Gasteiger partial charge < -0.3 is 5.32 Å². The van der Waals surface area contributed by atoms with E-state index in [1.807, 2.05) is 13.1 Å². The summed E-state index contributed by atoms with van der Waals surface area (Å²) in [5.74, 6) is -0.237. The van der Waals surface area contributed by atoms with Crippen LogP contribution < -0.4 is 5.32 Å². The monoisotopic (exact) mass is 295 g/mol. The summed E-state index contributed by atoms with van der Waals surface area (Å²) >= 11 is 7.50. The molecule has 2 aromatic heterocycles. The summed E-state index contributed by atoms with van der Waals surface area (Å²) in [6, 6.07) is 3.19. The van der Waals surface area contributed by atoms with Crippen molar-refractivity contribution in [3.05, 3.63) is 45.1 Å². The number of hydrogen-bond donors (Lipinski definition) is 1. The predicted octanol–water partition coefficient (Wildman–Crippen LogP) is 3.24. The van der Waals surface area contributed by atoms with Crippen LogP contribution in [0.15, 0.2) is 24.5 Å². The van der Waals surface area contributed by atoms with Gasteiger partial charge in [0, 0.05) is 17.3 Å². The van der Waals surface area contributed by atoms with Crippen molar-refractivity contribution in [1.29, 1.82) is 0 Å². The largest absolute Gasteiger partial charge is 0.343 e. The molecular formula is C13H14ClN3OS. The van der Waals surface area contributed by atoms with E-state index in [1.54, 1.807) is 29.7 Å². The maximum Gasteiger partial charge on any atom is 0.254 e. The summed E-state index contributed by atoms with van der Waals surface area (Å²) in [5.41, 5.74) is 0.378. The van der Waals surface area contributed by atoms with Crippen LogP contribution in [0.3, 0.4) is 0 Å². The van der Waals surface area contributed by atoms with Gasteiger partial charge >= 0.3 is 0 Å². The zero-order chi connectivity index (χ0) is 13.8. The minimum Gasteiger partial charge on any atom is -0.343 e. The first kappa shape index (κ1) is 14.0. The third-order valence-corrected chi connectivity index (χ3v) is 4.27. The summed E-state index contributed by atoms with van der Waals surface area (Å²) in [6.45, 7) is 3.98. The van der Waals surface area contributed by atoms with Crippen molar-refractivity contribution >= 4 is 28.8 Å². The van der Waals surface area contributed by atoms with Crippen LogP contribution in [-0.2, 0) is 6.42 Å². The Hall–Kier alpha value is -1.46. The third-order valence-electron chi connectivity index (χ3n) is 2.64. The van der Waals surface area contributed by atoms with Crippen molar-refractivity contribution in [2.75, 3.05) is 0 Å². The van der Waals surface area contributed by atoms with Crippen LogP contribution in [0.1, 0.15) is 40.1 Å². The lowest BCUT2D eigenvalue weighted by molar-refractivity contribution is 0.0939. The Morgan fingerprint density at radius 2 is 2.32 bits per heavy atom. The number of rotatable bonds is 4. The molecule has 0 aliphatic rings. The van der Waals surface area contributed by atoms with E-state index < -0.39 is 0 Å². The van der Waals surface area contributed by atoms with Crippen LogP contribution in [0.4, 0.5) is 0 Å². The van der Waals surface area contributed by atoms with Gasteiger partial charge in [0.2, 0.25) is 0 Å². The molecule has 0 aromatic carbocycles. The second-order valence-corrected chi connectivity index (χ2v) is 5.56.